The molecule has 0 saturated carbocycles. The molecule has 0 amide bonds. The average Bonchev–Trinajstić information content (AvgIpc) is 2.39. The number of esters is 2. The third-order valence-corrected chi connectivity index (χ3v) is 3.01. The highest BCUT2D eigenvalue weighted by molar-refractivity contribution is 5.94. The monoisotopic (exact) mass is 296 g/mol. The van der Waals surface area contributed by atoms with Crippen LogP contribution in [-0.2, 0) is 19.1 Å². The van der Waals surface area contributed by atoms with Gasteiger partial charge in [-0.15, -0.1) is 0 Å². The van der Waals surface area contributed by atoms with Crippen LogP contribution in [0.2, 0.25) is 0 Å². The lowest BCUT2D eigenvalue weighted by molar-refractivity contribution is -0.161. The molecule has 1 atom stereocenters. The van der Waals surface area contributed by atoms with Crippen LogP contribution in [0.5, 0.6) is 0 Å². The van der Waals surface area contributed by atoms with Gasteiger partial charge < -0.3 is 9.47 Å². The van der Waals surface area contributed by atoms with Gasteiger partial charge in [-0.2, -0.15) is 0 Å². The molecule has 0 rings (SSSR count). The van der Waals surface area contributed by atoms with E-state index in [1.807, 2.05) is 13.0 Å². The molecule has 0 heterocycles. The second-order valence-corrected chi connectivity index (χ2v) is 5.21. The number of carbonyl (C=O) groups is 2. The van der Waals surface area contributed by atoms with Crippen LogP contribution in [0.3, 0.4) is 0 Å². The van der Waals surface area contributed by atoms with Gasteiger partial charge in [0.05, 0.1) is 6.61 Å². The molecule has 0 aromatic heterocycles. The van der Waals surface area contributed by atoms with Crippen LogP contribution in [0.4, 0.5) is 0 Å². The summed E-state index contributed by atoms with van der Waals surface area (Å²) >= 11 is 0. The van der Waals surface area contributed by atoms with Crippen molar-refractivity contribution in [1.29, 1.82) is 0 Å². The van der Waals surface area contributed by atoms with Gasteiger partial charge in [-0.3, -0.25) is 9.59 Å². The molecular formula is C17H28O4. The van der Waals surface area contributed by atoms with E-state index in [1.54, 1.807) is 13.8 Å². The van der Waals surface area contributed by atoms with Gasteiger partial charge in [0.1, 0.15) is 6.61 Å². The van der Waals surface area contributed by atoms with E-state index < -0.39 is 17.9 Å². The van der Waals surface area contributed by atoms with Crippen LogP contribution < -0.4 is 0 Å². The smallest absolute Gasteiger partial charge is 0.320 e. The number of hydrogen-bond acceptors (Lipinski definition) is 4. The Kier molecular flexibility index (Phi) is 10.3. The zero-order valence-corrected chi connectivity index (χ0v) is 13.9. The summed E-state index contributed by atoms with van der Waals surface area (Å²) in [7, 11) is 0. The number of hydrogen-bond donors (Lipinski definition) is 0. The Morgan fingerprint density at radius 3 is 2.14 bits per heavy atom. The molecular weight excluding hydrogens is 268 g/mol. The summed E-state index contributed by atoms with van der Waals surface area (Å²) in [6, 6.07) is 0. The van der Waals surface area contributed by atoms with E-state index >= 15 is 0 Å². The highest BCUT2D eigenvalue weighted by atomic mass is 16.6. The lowest BCUT2D eigenvalue weighted by Gasteiger charge is -2.12. The standard InChI is InChI=1S/C17H28O4/c1-6-15(16(18)20-7-2)17(19)21-12-11-14(5)10-8-9-13(3)4/h9,11,15H,6-8,10,12H2,1-5H3/b14-11+. The Balaban J connectivity index is 4.21. The van der Waals surface area contributed by atoms with E-state index in [4.69, 9.17) is 9.47 Å². The first-order valence-electron chi connectivity index (χ1n) is 7.54. The second kappa shape index (κ2) is 11.1. The summed E-state index contributed by atoms with van der Waals surface area (Å²) in [5, 5.41) is 0. The number of carbonyl (C=O) groups excluding carboxylic acids is 2. The van der Waals surface area contributed by atoms with E-state index in [0.717, 1.165) is 12.8 Å². The Hall–Kier alpha value is -1.58. The Morgan fingerprint density at radius 1 is 1.00 bits per heavy atom. The molecule has 0 saturated heterocycles. The molecule has 0 N–H and O–H groups in total. The maximum atomic E-state index is 11.8. The van der Waals surface area contributed by atoms with Crippen molar-refractivity contribution in [3.05, 3.63) is 23.3 Å². The number of allylic oxidation sites excluding steroid dienone is 3. The van der Waals surface area contributed by atoms with Crippen molar-refractivity contribution in [2.24, 2.45) is 5.92 Å². The summed E-state index contributed by atoms with van der Waals surface area (Å²) in [4.78, 5) is 23.4. The van der Waals surface area contributed by atoms with Gasteiger partial charge in [-0.1, -0.05) is 24.1 Å². The molecule has 0 aromatic rings. The zero-order valence-electron chi connectivity index (χ0n) is 13.9. The minimum atomic E-state index is -0.815. The van der Waals surface area contributed by atoms with Gasteiger partial charge in [-0.05, 0) is 53.0 Å². The minimum absolute atomic E-state index is 0.204. The molecule has 120 valence electrons. The fourth-order valence-electron chi connectivity index (χ4n) is 1.73. The summed E-state index contributed by atoms with van der Waals surface area (Å²) in [5.74, 6) is -1.83. The summed E-state index contributed by atoms with van der Waals surface area (Å²) in [6.45, 7) is 10.1. The molecule has 4 nitrogen and oxygen atoms in total. The first-order valence-corrected chi connectivity index (χ1v) is 7.54. The highest BCUT2D eigenvalue weighted by Crippen LogP contribution is 2.10. The first kappa shape index (κ1) is 19.4. The van der Waals surface area contributed by atoms with E-state index in [9.17, 15) is 9.59 Å². The van der Waals surface area contributed by atoms with Crippen molar-refractivity contribution >= 4 is 11.9 Å². The largest absolute Gasteiger partial charge is 0.465 e. The van der Waals surface area contributed by atoms with Crippen molar-refractivity contribution in [1.82, 2.24) is 0 Å². The van der Waals surface area contributed by atoms with E-state index in [1.165, 1.54) is 11.1 Å². The first-order chi connectivity index (χ1) is 9.92. The minimum Gasteiger partial charge on any atom is -0.465 e. The molecule has 0 aliphatic heterocycles. The summed E-state index contributed by atoms with van der Waals surface area (Å²) < 4.78 is 9.99. The van der Waals surface area contributed by atoms with E-state index in [0.29, 0.717) is 6.42 Å². The van der Waals surface area contributed by atoms with Crippen LogP contribution in [-0.4, -0.2) is 25.2 Å². The van der Waals surface area contributed by atoms with Crippen LogP contribution in [0.1, 0.15) is 53.9 Å². The number of rotatable bonds is 9. The highest BCUT2D eigenvalue weighted by Gasteiger charge is 2.27. The SMILES string of the molecule is CCOC(=O)C(CC)C(=O)OC/C=C(\C)CCC=C(C)C. The average molecular weight is 296 g/mol. The van der Waals surface area contributed by atoms with E-state index in [2.05, 4.69) is 19.9 Å². The Morgan fingerprint density at radius 2 is 1.62 bits per heavy atom. The molecule has 0 aliphatic carbocycles. The molecule has 4 heteroatoms. The molecule has 21 heavy (non-hydrogen) atoms. The van der Waals surface area contributed by atoms with Crippen LogP contribution in [0.25, 0.3) is 0 Å². The fraction of sp³-hybridized carbons (Fsp3) is 0.647. The molecule has 0 aromatic carbocycles. The predicted octanol–water partition coefficient (Wildman–Crippen LogP) is 3.81. The van der Waals surface area contributed by atoms with Crippen LogP contribution in [0.15, 0.2) is 23.3 Å². The van der Waals surface area contributed by atoms with Crippen molar-refractivity contribution in [2.45, 2.75) is 53.9 Å². The topological polar surface area (TPSA) is 52.6 Å². The third-order valence-electron chi connectivity index (χ3n) is 3.01. The lowest BCUT2D eigenvalue weighted by Crippen LogP contribution is -2.27. The number of ether oxygens (including phenoxy) is 2. The van der Waals surface area contributed by atoms with Crippen LogP contribution >= 0.6 is 0 Å². The van der Waals surface area contributed by atoms with Crippen molar-refractivity contribution in [3.8, 4) is 0 Å². The van der Waals surface area contributed by atoms with Gasteiger partial charge in [0.2, 0.25) is 0 Å². The molecule has 0 spiro atoms. The zero-order chi connectivity index (χ0) is 16.3. The van der Waals surface area contributed by atoms with Gasteiger partial charge >= 0.3 is 11.9 Å². The molecule has 0 aliphatic rings. The van der Waals surface area contributed by atoms with Gasteiger partial charge in [0.15, 0.2) is 5.92 Å². The quantitative estimate of drug-likeness (QED) is 0.369. The lowest BCUT2D eigenvalue weighted by atomic mass is 10.1. The van der Waals surface area contributed by atoms with Gasteiger partial charge in [-0.25, -0.2) is 0 Å². The van der Waals surface area contributed by atoms with Crippen molar-refractivity contribution in [3.63, 3.8) is 0 Å². The van der Waals surface area contributed by atoms with E-state index in [-0.39, 0.29) is 13.2 Å². The maximum Gasteiger partial charge on any atom is 0.320 e. The molecule has 0 radical (unpaired) electrons. The molecule has 1 unspecified atom stereocenters. The maximum absolute atomic E-state index is 11.8. The van der Waals surface area contributed by atoms with Gasteiger partial charge in [0, 0.05) is 0 Å². The fourth-order valence-corrected chi connectivity index (χ4v) is 1.73. The third kappa shape index (κ3) is 9.05. The molecule has 0 fully saturated rings. The van der Waals surface area contributed by atoms with Crippen molar-refractivity contribution in [2.75, 3.05) is 13.2 Å². The Bertz CT molecular complexity index is 390. The second-order valence-electron chi connectivity index (χ2n) is 5.21. The molecule has 0 bridgehead atoms. The normalized spacial score (nSPS) is 12.5. The van der Waals surface area contributed by atoms with Crippen LogP contribution in [0, 0.1) is 5.92 Å². The van der Waals surface area contributed by atoms with Gasteiger partial charge in [0.25, 0.3) is 0 Å². The Labute approximate surface area is 128 Å². The summed E-state index contributed by atoms with van der Waals surface area (Å²) in [6.07, 6.45) is 6.38. The summed E-state index contributed by atoms with van der Waals surface area (Å²) in [5.41, 5.74) is 2.47. The predicted molar refractivity (Wildman–Crippen MR) is 83.8 cm³/mol. The van der Waals surface area contributed by atoms with Crippen molar-refractivity contribution < 1.29 is 19.1 Å².